The average Bonchev–Trinajstić information content (AvgIpc) is 2.70. The largest absolute Gasteiger partial charge is 0.493 e. The molecule has 0 unspecified atom stereocenters. The highest BCUT2D eigenvalue weighted by Gasteiger charge is 2.06. The lowest BCUT2D eigenvalue weighted by Gasteiger charge is -2.11. The number of methoxy groups -OCH3 is 1. The van der Waals surface area contributed by atoms with Gasteiger partial charge in [0.25, 0.3) is 0 Å². The Morgan fingerprint density at radius 1 is 1.07 bits per heavy atom. The number of hydrogen-bond acceptors (Lipinski definition) is 4. The van der Waals surface area contributed by atoms with Gasteiger partial charge in [-0.15, -0.1) is 0 Å². The molecule has 0 aliphatic carbocycles. The number of amides is 1. The second-order valence-electron chi connectivity index (χ2n) is 6.43. The predicted octanol–water partition coefficient (Wildman–Crippen LogP) is 5.12. The van der Waals surface area contributed by atoms with Crippen molar-refractivity contribution in [3.8, 4) is 11.5 Å². The molecule has 0 radical (unpaired) electrons. The van der Waals surface area contributed by atoms with Crippen LogP contribution >= 0.6 is 0 Å². The Morgan fingerprint density at radius 3 is 2.61 bits per heavy atom. The molecule has 0 heterocycles. The number of ether oxygens (including phenoxy) is 2. The molecule has 5 heteroatoms. The van der Waals surface area contributed by atoms with Crippen molar-refractivity contribution in [3.63, 3.8) is 0 Å². The molecular formula is C23H27NO4. The third-order valence-electron chi connectivity index (χ3n) is 4.16. The zero-order valence-electron chi connectivity index (χ0n) is 16.7. The van der Waals surface area contributed by atoms with Crippen molar-refractivity contribution in [3.05, 3.63) is 59.7 Å². The molecule has 0 aromatic heterocycles. The first-order chi connectivity index (χ1) is 13.5. The van der Waals surface area contributed by atoms with Gasteiger partial charge in [0.05, 0.1) is 13.7 Å². The quantitative estimate of drug-likeness (QED) is 0.352. The molecule has 2 aromatic carbocycles. The highest BCUT2D eigenvalue weighted by molar-refractivity contribution is 6.03. The van der Waals surface area contributed by atoms with Crippen LogP contribution in [0.15, 0.2) is 48.5 Å². The van der Waals surface area contributed by atoms with Gasteiger partial charge in [0, 0.05) is 17.3 Å². The first-order valence-corrected chi connectivity index (χ1v) is 9.44. The first-order valence-electron chi connectivity index (χ1n) is 9.44. The summed E-state index contributed by atoms with van der Waals surface area (Å²) in [7, 11) is 1.59. The highest BCUT2D eigenvalue weighted by Crippen LogP contribution is 2.28. The van der Waals surface area contributed by atoms with E-state index in [1.807, 2.05) is 18.2 Å². The molecular weight excluding hydrogens is 354 g/mol. The van der Waals surface area contributed by atoms with E-state index in [-0.39, 0.29) is 11.7 Å². The molecule has 0 aliphatic heterocycles. The zero-order valence-corrected chi connectivity index (χ0v) is 16.7. The Kier molecular flexibility index (Phi) is 8.28. The van der Waals surface area contributed by atoms with Gasteiger partial charge in [0.2, 0.25) is 5.91 Å². The summed E-state index contributed by atoms with van der Waals surface area (Å²) in [5.74, 6) is 1.00. The fourth-order valence-electron chi connectivity index (χ4n) is 2.61. The number of carbonyl (C=O) groups is 2. The van der Waals surface area contributed by atoms with Crippen molar-refractivity contribution >= 4 is 23.5 Å². The molecule has 0 spiro atoms. The molecule has 2 rings (SSSR count). The minimum absolute atomic E-state index is 0.0456. The normalized spacial score (nSPS) is 10.7. The lowest BCUT2D eigenvalue weighted by molar-refractivity contribution is -0.111. The molecule has 0 aliphatic rings. The molecule has 148 valence electrons. The Morgan fingerprint density at radius 2 is 1.89 bits per heavy atom. The second-order valence-corrected chi connectivity index (χ2v) is 6.43. The molecule has 2 aromatic rings. The minimum Gasteiger partial charge on any atom is -0.493 e. The number of carbonyl (C=O) groups excluding carboxylic acids is 2. The molecule has 0 atom stereocenters. The van der Waals surface area contributed by atoms with Gasteiger partial charge in [0.1, 0.15) is 0 Å². The Bertz CT molecular complexity index is 842. The SMILES string of the molecule is CCCCCOc1ccc(C=CC(=O)Nc2cccc(C(C)=O)c2)cc1OC. The number of rotatable bonds is 10. The number of hydrogen-bond donors (Lipinski definition) is 1. The van der Waals surface area contributed by atoms with Crippen LogP contribution in [0.3, 0.4) is 0 Å². The van der Waals surface area contributed by atoms with E-state index in [1.54, 1.807) is 37.5 Å². The van der Waals surface area contributed by atoms with Crippen LogP contribution in [0.5, 0.6) is 11.5 Å². The van der Waals surface area contributed by atoms with Crippen LogP contribution in [0.25, 0.3) is 6.08 Å². The van der Waals surface area contributed by atoms with Crippen LogP contribution in [-0.2, 0) is 4.79 Å². The molecule has 28 heavy (non-hydrogen) atoms. The topological polar surface area (TPSA) is 64.6 Å². The van der Waals surface area contributed by atoms with Crippen molar-refractivity contribution in [2.24, 2.45) is 0 Å². The number of anilines is 1. The van der Waals surface area contributed by atoms with E-state index in [4.69, 9.17) is 9.47 Å². The van der Waals surface area contributed by atoms with Gasteiger partial charge < -0.3 is 14.8 Å². The number of ketones is 1. The molecule has 5 nitrogen and oxygen atoms in total. The smallest absolute Gasteiger partial charge is 0.248 e. The van der Waals surface area contributed by atoms with Crippen molar-refractivity contribution in [2.75, 3.05) is 19.0 Å². The summed E-state index contributed by atoms with van der Waals surface area (Å²) in [6, 6.07) is 12.4. The molecule has 1 amide bonds. The first kappa shape index (κ1) is 21.2. The van der Waals surface area contributed by atoms with Gasteiger partial charge in [-0.25, -0.2) is 0 Å². The second kappa shape index (κ2) is 10.9. The van der Waals surface area contributed by atoms with E-state index >= 15 is 0 Å². The van der Waals surface area contributed by atoms with E-state index in [1.165, 1.54) is 13.0 Å². The van der Waals surface area contributed by atoms with Crippen molar-refractivity contribution in [2.45, 2.75) is 33.1 Å². The average molecular weight is 381 g/mol. The third kappa shape index (κ3) is 6.58. The summed E-state index contributed by atoms with van der Waals surface area (Å²) in [4.78, 5) is 23.6. The van der Waals surface area contributed by atoms with E-state index < -0.39 is 0 Å². The molecule has 0 saturated carbocycles. The zero-order chi connectivity index (χ0) is 20.4. The van der Waals surface area contributed by atoms with Gasteiger partial charge in [0.15, 0.2) is 17.3 Å². The van der Waals surface area contributed by atoms with E-state index in [0.29, 0.717) is 29.4 Å². The van der Waals surface area contributed by atoms with E-state index in [2.05, 4.69) is 12.2 Å². The number of nitrogens with one attached hydrogen (secondary N) is 1. The minimum atomic E-state index is -0.278. The van der Waals surface area contributed by atoms with Crippen molar-refractivity contribution in [1.82, 2.24) is 0 Å². The third-order valence-corrected chi connectivity index (χ3v) is 4.16. The van der Waals surface area contributed by atoms with E-state index in [0.717, 1.165) is 24.8 Å². The summed E-state index contributed by atoms with van der Waals surface area (Å²) in [6.45, 7) is 4.30. The molecule has 0 fully saturated rings. The highest BCUT2D eigenvalue weighted by atomic mass is 16.5. The van der Waals surface area contributed by atoms with Crippen LogP contribution < -0.4 is 14.8 Å². The fraction of sp³-hybridized carbons (Fsp3) is 0.304. The van der Waals surface area contributed by atoms with Crippen LogP contribution in [0.4, 0.5) is 5.69 Å². The predicted molar refractivity (Wildman–Crippen MR) is 112 cm³/mol. The molecule has 0 bridgehead atoms. The maximum Gasteiger partial charge on any atom is 0.248 e. The van der Waals surface area contributed by atoms with Gasteiger partial charge in [-0.2, -0.15) is 0 Å². The summed E-state index contributed by atoms with van der Waals surface area (Å²) in [5.41, 5.74) is 1.96. The summed E-state index contributed by atoms with van der Waals surface area (Å²) in [6.07, 6.45) is 6.43. The summed E-state index contributed by atoms with van der Waals surface area (Å²) < 4.78 is 11.2. The van der Waals surface area contributed by atoms with Crippen LogP contribution in [0.2, 0.25) is 0 Å². The number of benzene rings is 2. The fourth-order valence-corrected chi connectivity index (χ4v) is 2.61. The van der Waals surface area contributed by atoms with Crippen molar-refractivity contribution < 1.29 is 19.1 Å². The molecule has 0 saturated heterocycles. The Labute approximate surface area is 166 Å². The monoisotopic (exact) mass is 381 g/mol. The maximum atomic E-state index is 12.2. The van der Waals surface area contributed by atoms with Crippen LogP contribution in [0, 0.1) is 0 Å². The van der Waals surface area contributed by atoms with Crippen LogP contribution in [0.1, 0.15) is 49.0 Å². The molecule has 1 N–H and O–H groups in total. The standard InChI is InChI=1S/C23H27NO4/c1-4-5-6-14-28-21-12-10-18(15-22(21)27-3)11-13-23(26)24-20-9-7-8-19(16-20)17(2)25/h7-13,15-16H,4-6,14H2,1-3H3,(H,24,26). The number of unbranched alkanes of at least 4 members (excludes halogenated alkanes) is 2. The Hall–Kier alpha value is -3.08. The van der Waals surface area contributed by atoms with Gasteiger partial charge in [-0.1, -0.05) is 38.0 Å². The van der Waals surface area contributed by atoms with Gasteiger partial charge in [-0.05, 0) is 49.2 Å². The van der Waals surface area contributed by atoms with Crippen molar-refractivity contribution in [1.29, 1.82) is 0 Å². The summed E-state index contributed by atoms with van der Waals surface area (Å²) >= 11 is 0. The van der Waals surface area contributed by atoms with Gasteiger partial charge >= 0.3 is 0 Å². The maximum absolute atomic E-state index is 12.2. The summed E-state index contributed by atoms with van der Waals surface area (Å²) in [5, 5.41) is 2.75. The number of Topliss-reactive ketones (excluding diaryl/α,β-unsaturated/α-hetero) is 1. The Balaban J connectivity index is 1.99. The lowest BCUT2D eigenvalue weighted by atomic mass is 10.1. The lowest BCUT2D eigenvalue weighted by Crippen LogP contribution is -2.08. The van der Waals surface area contributed by atoms with Gasteiger partial charge in [-0.3, -0.25) is 9.59 Å². The van der Waals surface area contributed by atoms with E-state index in [9.17, 15) is 9.59 Å². The van der Waals surface area contributed by atoms with Crippen LogP contribution in [-0.4, -0.2) is 25.4 Å².